The molecule has 0 saturated carbocycles. The van der Waals surface area contributed by atoms with E-state index in [2.05, 4.69) is 20.9 Å². The first-order valence-electron chi connectivity index (χ1n) is 9.49. The van der Waals surface area contributed by atoms with Crippen molar-refractivity contribution in [1.29, 1.82) is 0 Å². The molecule has 2 aromatic carbocycles. The molecule has 1 saturated heterocycles. The molecule has 3 heterocycles. The number of aromatic nitrogens is 1. The van der Waals surface area contributed by atoms with Crippen LogP contribution in [0.4, 0.5) is 11.7 Å². The molecule has 2 aliphatic heterocycles. The van der Waals surface area contributed by atoms with Crippen molar-refractivity contribution in [2.45, 2.75) is 6.42 Å². The zero-order valence-corrected chi connectivity index (χ0v) is 15.2. The quantitative estimate of drug-likeness (QED) is 0.717. The molecule has 0 aliphatic carbocycles. The van der Waals surface area contributed by atoms with Gasteiger partial charge in [0.2, 0.25) is 5.91 Å². The van der Waals surface area contributed by atoms with Crippen LogP contribution in [-0.2, 0) is 11.2 Å². The minimum absolute atomic E-state index is 0.190. The molecule has 6 heteroatoms. The summed E-state index contributed by atoms with van der Waals surface area (Å²) in [6.45, 7) is 4.56. The SMILES string of the molecule is O=C(CN1CCN(c2nc3ccccc3o2)CC1)N1CCc2ccccc21. The van der Waals surface area contributed by atoms with Crippen LogP contribution in [0.5, 0.6) is 0 Å². The maximum absolute atomic E-state index is 12.8. The lowest BCUT2D eigenvalue weighted by atomic mass is 10.2. The van der Waals surface area contributed by atoms with Crippen LogP contribution in [0.3, 0.4) is 0 Å². The summed E-state index contributed by atoms with van der Waals surface area (Å²) < 4.78 is 5.87. The number of oxazole rings is 1. The Hall–Kier alpha value is -2.86. The number of benzene rings is 2. The minimum Gasteiger partial charge on any atom is -0.423 e. The van der Waals surface area contributed by atoms with Gasteiger partial charge in [0.05, 0.1) is 6.54 Å². The van der Waals surface area contributed by atoms with E-state index in [1.54, 1.807) is 0 Å². The molecule has 6 nitrogen and oxygen atoms in total. The molecule has 2 aliphatic rings. The molecule has 1 amide bonds. The number of hydrogen-bond acceptors (Lipinski definition) is 5. The van der Waals surface area contributed by atoms with Crippen LogP contribution in [0.25, 0.3) is 11.1 Å². The van der Waals surface area contributed by atoms with Crippen LogP contribution in [0.15, 0.2) is 52.9 Å². The second-order valence-corrected chi connectivity index (χ2v) is 7.15. The maximum Gasteiger partial charge on any atom is 0.298 e. The summed E-state index contributed by atoms with van der Waals surface area (Å²) in [5, 5.41) is 0. The van der Waals surface area contributed by atoms with Crippen molar-refractivity contribution in [2.75, 3.05) is 49.1 Å². The van der Waals surface area contributed by atoms with Gasteiger partial charge in [-0.15, -0.1) is 0 Å². The third kappa shape index (κ3) is 3.06. The molecule has 0 atom stereocenters. The number of carbonyl (C=O) groups is 1. The molecule has 0 radical (unpaired) electrons. The fourth-order valence-corrected chi connectivity index (χ4v) is 3.97. The van der Waals surface area contributed by atoms with Crippen LogP contribution >= 0.6 is 0 Å². The van der Waals surface area contributed by atoms with E-state index in [9.17, 15) is 4.79 Å². The fourth-order valence-electron chi connectivity index (χ4n) is 3.97. The topological polar surface area (TPSA) is 52.8 Å². The van der Waals surface area contributed by atoms with Crippen LogP contribution < -0.4 is 9.80 Å². The molecule has 1 fully saturated rings. The van der Waals surface area contributed by atoms with Gasteiger partial charge in [0.15, 0.2) is 5.58 Å². The first-order valence-corrected chi connectivity index (χ1v) is 9.49. The standard InChI is InChI=1S/C21H22N4O2/c26-20(25-10-9-16-5-1-3-7-18(16)25)15-23-11-13-24(14-12-23)21-22-17-6-2-4-8-19(17)27-21/h1-8H,9-15H2. The highest BCUT2D eigenvalue weighted by Gasteiger charge is 2.27. The summed E-state index contributed by atoms with van der Waals surface area (Å²) in [5.74, 6) is 0.190. The van der Waals surface area contributed by atoms with Crippen molar-refractivity contribution >= 4 is 28.7 Å². The lowest BCUT2D eigenvalue weighted by Crippen LogP contribution is -2.50. The predicted octanol–water partition coefficient (Wildman–Crippen LogP) is 2.54. The van der Waals surface area contributed by atoms with Crippen molar-refractivity contribution in [3.63, 3.8) is 0 Å². The third-order valence-corrected chi connectivity index (χ3v) is 5.47. The molecule has 0 unspecified atom stereocenters. The number of rotatable bonds is 3. The first kappa shape index (κ1) is 16.3. The van der Waals surface area contributed by atoms with Gasteiger partial charge in [-0.1, -0.05) is 30.3 Å². The molecule has 27 heavy (non-hydrogen) atoms. The smallest absolute Gasteiger partial charge is 0.298 e. The van der Waals surface area contributed by atoms with Gasteiger partial charge in [0, 0.05) is 38.4 Å². The van der Waals surface area contributed by atoms with E-state index < -0.39 is 0 Å². The van der Waals surface area contributed by atoms with Crippen LogP contribution in [-0.4, -0.2) is 55.1 Å². The van der Waals surface area contributed by atoms with E-state index in [-0.39, 0.29) is 5.91 Å². The number of nitrogens with zero attached hydrogens (tertiary/aromatic N) is 4. The van der Waals surface area contributed by atoms with Crippen LogP contribution in [0.1, 0.15) is 5.56 Å². The molecule has 3 aromatic rings. The number of amides is 1. The number of carbonyl (C=O) groups excluding carboxylic acids is 1. The van der Waals surface area contributed by atoms with E-state index in [1.807, 2.05) is 47.4 Å². The Kier molecular flexibility index (Phi) is 4.05. The Labute approximate surface area is 158 Å². The van der Waals surface area contributed by atoms with Crippen molar-refractivity contribution in [2.24, 2.45) is 0 Å². The Morgan fingerprint density at radius 2 is 1.74 bits per heavy atom. The third-order valence-electron chi connectivity index (χ3n) is 5.47. The Morgan fingerprint density at radius 1 is 0.963 bits per heavy atom. The number of hydrogen-bond donors (Lipinski definition) is 0. The zero-order chi connectivity index (χ0) is 18.2. The van der Waals surface area contributed by atoms with Gasteiger partial charge in [-0.05, 0) is 30.2 Å². The van der Waals surface area contributed by atoms with Gasteiger partial charge in [-0.3, -0.25) is 9.69 Å². The Bertz CT molecular complexity index is 942. The van der Waals surface area contributed by atoms with Gasteiger partial charge in [-0.25, -0.2) is 0 Å². The molecular weight excluding hydrogens is 340 g/mol. The molecule has 0 bridgehead atoms. The van der Waals surface area contributed by atoms with Crippen molar-refractivity contribution in [3.8, 4) is 0 Å². The fraction of sp³-hybridized carbons (Fsp3) is 0.333. The minimum atomic E-state index is 0.190. The largest absolute Gasteiger partial charge is 0.423 e. The molecule has 138 valence electrons. The van der Waals surface area contributed by atoms with Crippen LogP contribution in [0, 0.1) is 0 Å². The highest BCUT2D eigenvalue weighted by atomic mass is 16.4. The average Bonchev–Trinajstić information content (AvgIpc) is 3.33. The van der Waals surface area contributed by atoms with E-state index >= 15 is 0 Å². The number of fused-ring (bicyclic) bond motifs is 2. The summed E-state index contributed by atoms with van der Waals surface area (Å²) in [6, 6.07) is 16.7. The average molecular weight is 362 g/mol. The normalized spacial score (nSPS) is 17.5. The van der Waals surface area contributed by atoms with Gasteiger partial charge in [-0.2, -0.15) is 4.98 Å². The summed E-state index contributed by atoms with van der Waals surface area (Å²) in [7, 11) is 0. The maximum atomic E-state index is 12.8. The van der Waals surface area contributed by atoms with Gasteiger partial charge in [0.1, 0.15) is 5.52 Å². The van der Waals surface area contributed by atoms with Crippen LogP contribution in [0.2, 0.25) is 0 Å². The predicted molar refractivity (Wildman–Crippen MR) is 105 cm³/mol. The summed E-state index contributed by atoms with van der Waals surface area (Å²) >= 11 is 0. The second-order valence-electron chi connectivity index (χ2n) is 7.15. The van der Waals surface area contributed by atoms with E-state index in [0.29, 0.717) is 12.6 Å². The summed E-state index contributed by atoms with van der Waals surface area (Å²) in [6.07, 6.45) is 0.952. The lowest BCUT2D eigenvalue weighted by molar-refractivity contribution is -0.119. The highest BCUT2D eigenvalue weighted by Crippen LogP contribution is 2.28. The number of anilines is 2. The lowest BCUT2D eigenvalue weighted by Gasteiger charge is -2.34. The monoisotopic (exact) mass is 362 g/mol. The van der Waals surface area contributed by atoms with Gasteiger partial charge in [0.25, 0.3) is 6.01 Å². The Balaban J connectivity index is 1.20. The van der Waals surface area contributed by atoms with Crippen molar-refractivity contribution < 1.29 is 9.21 Å². The summed E-state index contributed by atoms with van der Waals surface area (Å²) in [5.41, 5.74) is 4.05. The van der Waals surface area contributed by atoms with Crippen molar-refractivity contribution in [1.82, 2.24) is 9.88 Å². The second kappa shape index (κ2) is 6.70. The zero-order valence-electron chi connectivity index (χ0n) is 15.2. The van der Waals surface area contributed by atoms with Gasteiger partial charge >= 0.3 is 0 Å². The molecule has 0 spiro atoms. The molecule has 0 N–H and O–H groups in total. The molecule has 1 aromatic heterocycles. The van der Waals surface area contributed by atoms with Crippen molar-refractivity contribution in [3.05, 3.63) is 54.1 Å². The van der Waals surface area contributed by atoms with E-state index in [0.717, 1.165) is 55.9 Å². The summed E-state index contributed by atoms with van der Waals surface area (Å²) in [4.78, 5) is 23.7. The van der Waals surface area contributed by atoms with E-state index in [4.69, 9.17) is 4.42 Å². The Morgan fingerprint density at radius 3 is 2.59 bits per heavy atom. The van der Waals surface area contributed by atoms with Gasteiger partial charge < -0.3 is 14.2 Å². The van der Waals surface area contributed by atoms with E-state index in [1.165, 1.54) is 5.56 Å². The highest BCUT2D eigenvalue weighted by molar-refractivity contribution is 5.96. The molecule has 5 rings (SSSR count). The number of piperazine rings is 1. The first-order chi connectivity index (χ1) is 13.3. The molecular formula is C21H22N4O2. The number of para-hydroxylation sites is 3.